The molecule has 0 unspecified atom stereocenters. The summed E-state index contributed by atoms with van der Waals surface area (Å²) >= 11 is 0. The van der Waals surface area contributed by atoms with Gasteiger partial charge in [0.2, 0.25) is 0 Å². The Kier molecular flexibility index (Phi) is 2.29. The molecule has 0 aromatic carbocycles. The van der Waals surface area contributed by atoms with Gasteiger partial charge in [0, 0.05) is 13.1 Å². The van der Waals surface area contributed by atoms with Gasteiger partial charge < -0.3 is 20.4 Å². The number of hydrogen-bond donors (Lipinski definition) is 4. The molecule has 0 amide bonds. The summed E-state index contributed by atoms with van der Waals surface area (Å²) in [5.41, 5.74) is 0. The Labute approximate surface area is 76.2 Å². The topological polar surface area (TPSA) is 84.2 Å². The van der Waals surface area contributed by atoms with E-state index in [1.807, 2.05) is 4.90 Å². The minimum Gasteiger partial charge on any atom is -0.391 e. The zero-order valence-electron chi connectivity index (χ0n) is 7.24. The first-order valence-corrected chi connectivity index (χ1v) is 4.57. The highest BCUT2D eigenvalue weighted by Gasteiger charge is 2.47. The van der Waals surface area contributed by atoms with Crippen LogP contribution in [0.25, 0.3) is 0 Å². The maximum absolute atomic E-state index is 9.58. The van der Waals surface area contributed by atoms with Crippen molar-refractivity contribution in [2.24, 2.45) is 0 Å². The second kappa shape index (κ2) is 3.18. The van der Waals surface area contributed by atoms with E-state index in [9.17, 15) is 20.4 Å². The molecular weight excluding hydrogens is 174 g/mol. The first-order valence-electron chi connectivity index (χ1n) is 4.57. The Bertz CT molecular complexity index is 201. The number of rotatable bonds is 0. The smallest absolute Gasteiger partial charge is 0.109 e. The highest BCUT2D eigenvalue weighted by atomic mass is 16.4. The van der Waals surface area contributed by atoms with E-state index in [1.165, 1.54) is 0 Å². The second-order valence-electron chi connectivity index (χ2n) is 3.89. The first kappa shape index (κ1) is 9.36. The van der Waals surface area contributed by atoms with Crippen LogP contribution >= 0.6 is 0 Å². The second-order valence-corrected chi connectivity index (χ2v) is 3.89. The lowest BCUT2D eigenvalue weighted by Gasteiger charge is -2.40. The van der Waals surface area contributed by atoms with Gasteiger partial charge in [-0.3, -0.25) is 4.90 Å². The van der Waals surface area contributed by atoms with Crippen molar-refractivity contribution in [1.29, 1.82) is 0 Å². The molecule has 2 saturated heterocycles. The number of piperidine rings is 1. The lowest BCUT2D eigenvalue weighted by molar-refractivity contribution is -0.140. The normalized spacial score (nSPS) is 52.2. The Morgan fingerprint density at radius 3 is 2.31 bits per heavy atom. The van der Waals surface area contributed by atoms with Crippen LogP contribution in [-0.4, -0.2) is 68.9 Å². The number of aliphatic hydroxyl groups excluding tert-OH is 4. The van der Waals surface area contributed by atoms with Crippen molar-refractivity contribution < 1.29 is 20.4 Å². The fourth-order valence-electron chi connectivity index (χ4n) is 2.30. The third kappa shape index (κ3) is 1.37. The molecule has 2 heterocycles. The summed E-state index contributed by atoms with van der Waals surface area (Å²) in [6.07, 6.45) is -3.06. The zero-order chi connectivity index (χ0) is 9.59. The van der Waals surface area contributed by atoms with Crippen LogP contribution in [0.2, 0.25) is 0 Å². The van der Waals surface area contributed by atoms with E-state index >= 15 is 0 Å². The predicted octanol–water partition coefficient (Wildman–Crippen LogP) is -2.48. The van der Waals surface area contributed by atoms with E-state index in [-0.39, 0.29) is 0 Å². The summed E-state index contributed by atoms with van der Waals surface area (Å²) in [6.45, 7) is 1.01. The third-order valence-electron chi connectivity index (χ3n) is 3.04. The van der Waals surface area contributed by atoms with E-state index in [0.717, 1.165) is 0 Å². The molecular formula is C8H15NO4. The zero-order valence-corrected chi connectivity index (χ0v) is 7.24. The molecule has 2 rings (SSSR count). The summed E-state index contributed by atoms with van der Waals surface area (Å²) in [6, 6.07) is -0.404. The van der Waals surface area contributed by atoms with Gasteiger partial charge >= 0.3 is 0 Å². The molecule has 0 aromatic heterocycles. The van der Waals surface area contributed by atoms with Crippen LogP contribution in [0.4, 0.5) is 0 Å². The monoisotopic (exact) mass is 189 g/mol. The lowest BCUT2D eigenvalue weighted by Crippen LogP contribution is -2.61. The SMILES string of the molecule is O[C@@H]1[C@@H](O)[C@@H](O)CN2CC[C@H](O)[C@@H]12. The maximum atomic E-state index is 9.58. The minimum absolute atomic E-state index is 0.333. The molecule has 0 aromatic rings. The quantitative estimate of drug-likeness (QED) is 0.339. The Morgan fingerprint density at radius 1 is 0.923 bits per heavy atom. The van der Waals surface area contributed by atoms with Crippen molar-refractivity contribution in [3.63, 3.8) is 0 Å². The molecule has 4 N–H and O–H groups in total. The molecule has 76 valence electrons. The van der Waals surface area contributed by atoms with E-state index in [2.05, 4.69) is 0 Å². The molecule has 0 spiro atoms. The summed E-state index contributed by atoms with van der Waals surface area (Å²) < 4.78 is 0. The average Bonchev–Trinajstić information content (AvgIpc) is 2.43. The Hall–Kier alpha value is -0.200. The van der Waals surface area contributed by atoms with Gasteiger partial charge in [0.15, 0.2) is 0 Å². The molecule has 0 radical (unpaired) electrons. The van der Waals surface area contributed by atoms with Crippen molar-refractivity contribution in [2.75, 3.05) is 13.1 Å². The largest absolute Gasteiger partial charge is 0.391 e. The van der Waals surface area contributed by atoms with Crippen LogP contribution < -0.4 is 0 Å². The van der Waals surface area contributed by atoms with E-state index < -0.39 is 30.5 Å². The predicted molar refractivity (Wildman–Crippen MR) is 44.0 cm³/mol. The Balaban J connectivity index is 2.15. The van der Waals surface area contributed by atoms with Gasteiger partial charge in [-0.1, -0.05) is 0 Å². The van der Waals surface area contributed by atoms with E-state index in [1.54, 1.807) is 0 Å². The average molecular weight is 189 g/mol. The van der Waals surface area contributed by atoms with Crippen LogP contribution in [-0.2, 0) is 0 Å². The van der Waals surface area contributed by atoms with Gasteiger partial charge in [-0.2, -0.15) is 0 Å². The van der Waals surface area contributed by atoms with Gasteiger partial charge in [0.1, 0.15) is 12.2 Å². The van der Waals surface area contributed by atoms with Gasteiger partial charge in [0.25, 0.3) is 0 Å². The van der Waals surface area contributed by atoms with E-state index in [4.69, 9.17) is 0 Å². The van der Waals surface area contributed by atoms with Crippen LogP contribution in [0.3, 0.4) is 0 Å². The van der Waals surface area contributed by atoms with Crippen molar-refractivity contribution in [1.82, 2.24) is 4.90 Å². The molecule has 13 heavy (non-hydrogen) atoms. The standard InChI is InChI=1S/C8H15NO4/c10-4-1-2-9-3-5(11)7(12)8(13)6(4)9/h4-8,10-13H,1-3H2/t4-,5-,6-,7-,8-/m0/s1. The van der Waals surface area contributed by atoms with E-state index in [0.29, 0.717) is 19.5 Å². The fourth-order valence-corrected chi connectivity index (χ4v) is 2.30. The van der Waals surface area contributed by atoms with Gasteiger partial charge in [-0.15, -0.1) is 0 Å². The highest BCUT2D eigenvalue weighted by molar-refractivity contribution is 5.01. The summed E-state index contributed by atoms with van der Waals surface area (Å²) in [4.78, 5) is 1.83. The van der Waals surface area contributed by atoms with Crippen LogP contribution in [0.5, 0.6) is 0 Å². The lowest BCUT2D eigenvalue weighted by atomic mass is 9.93. The van der Waals surface area contributed by atoms with Crippen molar-refractivity contribution in [2.45, 2.75) is 36.9 Å². The van der Waals surface area contributed by atoms with Gasteiger partial charge in [-0.25, -0.2) is 0 Å². The Morgan fingerprint density at radius 2 is 1.62 bits per heavy atom. The summed E-state index contributed by atoms with van der Waals surface area (Å²) in [5.74, 6) is 0. The summed E-state index contributed by atoms with van der Waals surface area (Å²) in [7, 11) is 0. The molecule has 0 saturated carbocycles. The molecule has 5 atom stereocenters. The van der Waals surface area contributed by atoms with Crippen molar-refractivity contribution in [3.8, 4) is 0 Å². The highest BCUT2D eigenvalue weighted by Crippen LogP contribution is 2.27. The van der Waals surface area contributed by atoms with Crippen LogP contribution in [0.1, 0.15) is 6.42 Å². The molecule has 0 aliphatic carbocycles. The molecule has 2 aliphatic heterocycles. The molecule has 5 heteroatoms. The molecule has 0 bridgehead atoms. The third-order valence-corrected chi connectivity index (χ3v) is 3.04. The van der Waals surface area contributed by atoms with Crippen molar-refractivity contribution in [3.05, 3.63) is 0 Å². The molecule has 2 aliphatic rings. The number of hydrogen-bond acceptors (Lipinski definition) is 5. The van der Waals surface area contributed by atoms with Gasteiger partial charge in [-0.05, 0) is 6.42 Å². The maximum Gasteiger partial charge on any atom is 0.109 e. The van der Waals surface area contributed by atoms with Gasteiger partial charge in [0.05, 0.1) is 18.2 Å². The first-order chi connectivity index (χ1) is 6.11. The number of nitrogens with zero attached hydrogens (tertiary/aromatic N) is 1. The fraction of sp³-hybridized carbons (Fsp3) is 1.00. The number of fused-ring (bicyclic) bond motifs is 1. The summed E-state index contributed by atoms with van der Waals surface area (Å²) in [5, 5.41) is 37.8. The number of aliphatic hydroxyl groups is 4. The molecule has 2 fully saturated rings. The van der Waals surface area contributed by atoms with Crippen LogP contribution in [0.15, 0.2) is 0 Å². The van der Waals surface area contributed by atoms with Crippen molar-refractivity contribution >= 4 is 0 Å². The van der Waals surface area contributed by atoms with Crippen LogP contribution in [0, 0.1) is 0 Å². The molecule has 5 nitrogen and oxygen atoms in total. The minimum atomic E-state index is -1.13.